The van der Waals surface area contributed by atoms with Crippen LogP contribution < -0.4 is 0 Å². The van der Waals surface area contributed by atoms with Crippen LogP contribution in [0.2, 0.25) is 0 Å². The second kappa shape index (κ2) is 6.09. The van der Waals surface area contributed by atoms with E-state index >= 15 is 0 Å². The molecule has 1 aliphatic carbocycles. The fourth-order valence-electron chi connectivity index (χ4n) is 2.77. The number of furan rings is 1. The Labute approximate surface area is 119 Å². The van der Waals surface area contributed by atoms with Crippen LogP contribution in [0.1, 0.15) is 48.1 Å². The molecule has 7 heteroatoms. The van der Waals surface area contributed by atoms with Crippen molar-refractivity contribution < 1.29 is 32.2 Å². The maximum Gasteiger partial charge on any atom is 0.391 e. The molecule has 0 radical (unpaired) electrons. The SMILES string of the molecule is COC(=O)c1ccc(C(O)C2CCCC(C(F)(F)F)C2)o1. The Morgan fingerprint density at radius 3 is 2.76 bits per heavy atom. The molecule has 0 aromatic carbocycles. The molecule has 1 heterocycles. The summed E-state index contributed by atoms with van der Waals surface area (Å²) in [7, 11) is 1.19. The van der Waals surface area contributed by atoms with E-state index in [-0.39, 0.29) is 24.4 Å². The third kappa shape index (κ3) is 3.58. The predicted octanol–water partition coefficient (Wildman–Crippen LogP) is 3.47. The number of carbonyl (C=O) groups excluding carboxylic acids is 1. The van der Waals surface area contributed by atoms with Gasteiger partial charge in [0.25, 0.3) is 0 Å². The van der Waals surface area contributed by atoms with E-state index in [1.54, 1.807) is 0 Å². The Balaban J connectivity index is 2.07. The first-order valence-electron chi connectivity index (χ1n) is 6.75. The second-order valence-corrected chi connectivity index (χ2v) is 5.30. The van der Waals surface area contributed by atoms with E-state index in [0.29, 0.717) is 12.8 Å². The Bertz CT molecular complexity index is 495. The Hall–Kier alpha value is -1.50. The van der Waals surface area contributed by atoms with E-state index < -0.39 is 30.1 Å². The van der Waals surface area contributed by atoms with Crippen LogP contribution in [0.4, 0.5) is 13.2 Å². The highest BCUT2D eigenvalue weighted by atomic mass is 19.4. The van der Waals surface area contributed by atoms with Crippen molar-refractivity contribution in [3.05, 3.63) is 23.7 Å². The normalized spacial score (nSPS) is 24.6. The lowest BCUT2D eigenvalue weighted by molar-refractivity contribution is -0.189. The molecule has 0 saturated heterocycles. The summed E-state index contributed by atoms with van der Waals surface area (Å²) in [5, 5.41) is 10.2. The Kier molecular flexibility index (Phi) is 4.61. The number of hydrogen-bond donors (Lipinski definition) is 1. The van der Waals surface area contributed by atoms with Crippen LogP contribution in [0.5, 0.6) is 0 Å². The van der Waals surface area contributed by atoms with E-state index in [4.69, 9.17) is 4.42 Å². The standard InChI is InChI=1S/C14H17F3O4/c1-20-13(19)11-6-5-10(21-11)12(18)8-3-2-4-9(7-8)14(15,16)17/h5-6,8-9,12,18H,2-4,7H2,1H3. The molecule has 118 valence electrons. The number of halogens is 3. The fourth-order valence-corrected chi connectivity index (χ4v) is 2.77. The molecular formula is C14H17F3O4. The fraction of sp³-hybridized carbons (Fsp3) is 0.643. The topological polar surface area (TPSA) is 59.7 Å². The first kappa shape index (κ1) is 15.9. The summed E-state index contributed by atoms with van der Waals surface area (Å²) >= 11 is 0. The van der Waals surface area contributed by atoms with Gasteiger partial charge in [0.2, 0.25) is 5.76 Å². The molecular weight excluding hydrogens is 289 g/mol. The van der Waals surface area contributed by atoms with Gasteiger partial charge in [-0.3, -0.25) is 0 Å². The van der Waals surface area contributed by atoms with Crippen LogP contribution in [0, 0.1) is 11.8 Å². The molecule has 1 aromatic heterocycles. The summed E-state index contributed by atoms with van der Waals surface area (Å²) in [4.78, 5) is 11.3. The van der Waals surface area contributed by atoms with Gasteiger partial charge in [-0.1, -0.05) is 6.42 Å². The minimum absolute atomic E-state index is 0.0743. The molecule has 21 heavy (non-hydrogen) atoms. The van der Waals surface area contributed by atoms with Crippen molar-refractivity contribution in [3.8, 4) is 0 Å². The minimum atomic E-state index is -4.24. The van der Waals surface area contributed by atoms with Gasteiger partial charge < -0.3 is 14.3 Å². The maximum atomic E-state index is 12.8. The monoisotopic (exact) mass is 306 g/mol. The van der Waals surface area contributed by atoms with Crippen LogP contribution in [-0.2, 0) is 4.74 Å². The number of methoxy groups -OCH3 is 1. The average molecular weight is 306 g/mol. The van der Waals surface area contributed by atoms with Gasteiger partial charge in [-0.15, -0.1) is 0 Å². The maximum absolute atomic E-state index is 12.8. The van der Waals surface area contributed by atoms with Crippen LogP contribution in [-0.4, -0.2) is 24.4 Å². The van der Waals surface area contributed by atoms with E-state index in [9.17, 15) is 23.1 Å². The number of carbonyl (C=O) groups is 1. The largest absolute Gasteiger partial charge is 0.463 e. The van der Waals surface area contributed by atoms with Gasteiger partial charge in [0, 0.05) is 0 Å². The van der Waals surface area contributed by atoms with Gasteiger partial charge in [-0.25, -0.2) is 4.79 Å². The zero-order valence-electron chi connectivity index (χ0n) is 11.5. The molecule has 4 nitrogen and oxygen atoms in total. The molecule has 3 atom stereocenters. The van der Waals surface area contributed by atoms with Crippen molar-refractivity contribution in [2.24, 2.45) is 11.8 Å². The summed E-state index contributed by atoms with van der Waals surface area (Å²) < 4.78 is 47.9. The van der Waals surface area contributed by atoms with Crippen molar-refractivity contribution in [1.29, 1.82) is 0 Å². The number of ether oxygens (including phenoxy) is 1. The molecule has 3 unspecified atom stereocenters. The molecule has 1 N–H and O–H groups in total. The third-order valence-corrected chi connectivity index (χ3v) is 3.93. The van der Waals surface area contributed by atoms with Gasteiger partial charge in [-0.2, -0.15) is 13.2 Å². The summed E-state index contributed by atoms with van der Waals surface area (Å²) in [5.74, 6) is -2.58. The molecule has 0 amide bonds. The molecule has 1 saturated carbocycles. The molecule has 1 fully saturated rings. The zero-order chi connectivity index (χ0) is 15.6. The summed E-state index contributed by atoms with van der Waals surface area (Å²) in [6.45, 7) is 0. The molecule has 1 aromatic rings. The zero-order valence-corrected chi connectivity index (χ0v) is 11.5. The van der Waals surface area contributed by atoms with Crippen molar-refractivity contribution in [2.45, 2.75) is 38.0 Å². The predicted molar refractivity (Wildman–Crippen MR) is 66.5 cm³/mol. The highest BCUT2D eigenvalue weighted by Gasteiger charge is 2.44. The lowest BCUT2D eigenvalue weighted by Crippen LogP contribution is -2.31. The van der Waals surface area contributed by atoms with E-state index in [1.807, 2.05) is 0 Å². The van der Waals surface area contributed by atoms with E-state index in [2.05, 4.69) is 4.74 Å². The molecule has 0 bridgehead atoms. The Morgan fingerprint density at radius 1 is 1.43 bits per heavy atom. The number of aliphatic hydroxyl groups is 1. The molecule has 2 rings (SSSR count). The molecule has 0 spiro atoms. The first-order valence-corrected chi connectivity index (χ1v) is 6.75. The van der Waals surface area contributed by atoms with E-state index in [1.165, 1.54) is 19.2 Å². The summed E-state index contributed by atoms with van der Waals surface area (Å²) in [5.41, 5.74) is 0. The number of esters is 1. The van der Waals surface area contributed by atoms with E-state index in [0.717, 1.165) is 0 Å². The number of aliphatic hydroxyl groups excluding tert-OH is 1. The van der Waals surface area contributed by atoms with Gasteiger partial charge in [0.05, 0.1) is 13.0 Å². The number of rotatable bonds is 3. The molecule has 1 aliphatic rings. The quantitative estimate of drug-likeness (QED) is 0.869. The highest BCUT2D eigenvalue weighted by molar-refractivity contribution is 5.86. The van der Waals surface area contributed by atoms with Crippen LogP contribution in [0.15, 0.2) is 16.5 Å². The van der Waals surface area contributed by atoms with Gasteiger partial charge in [-0.05, 0) is 37.3 Å². The van der Waals surface area contributed by atoms with Crippen LogP contribution in [0.25, 0.3) is 0 Å². The van der Waals surface area contributed by atoms with Crippen molar-refractivity contribution in [3.63, 3.8) is 0 Å². The van der Waals surface area contributed by atoms with Crippen molar-refractivity contribution in [1.82, 2.24) is 0 Å². The Morgan fingerprint density at radius 2 is 2.14 bits per heavy atom. The first-order chi connectivity index (χ1) is 9.82. The third-order valence-electron chi connectivity index (χ3n) is 3.93. The van der Waals surface area contributed by atoms with Gasteiger partial charge in [0.1, 0.15) is 11.9 Å². The number of alkyl halides is 3. The van der Waals surface area contributed by atoms with Crippen molar-refractivity contribution >= 4 is 5.97 Å². The summed E-state index contributed by atoms with van der Waals surface area (Å²) in [6.07, 6.45) is -4.50. The lowest BCUT2D eigenvalue weighted by Gasteiger charge is -2.32. The van der Waals surface area contributed by atoms with Gasteiger partial charge in [0.15, 0.2) is 0 Å². The minimum Gasteiger partial charge on any atom is -0.463 e. The van der Waals surface area contributed by atoms with Gasteiger partial charge >= 0.3 is 12.1 Å². The molecule has 0 aliphatic heterocycles. The van der Waals surface area contributed by atoms with Crippen LogP contribution in [0.3, 0.4) is 0 Å². The van der Waals surface area contributed by atoms with Crippen LogP contribution >= 0.6 is 0 Å². The summed E-state index contributed by atoms with van der Waals surface area (Å²) in [6, 6.07) is 2.74. The second-order valence-electron chi connectivity index (χ2n) is 5.30. The number of hydrogen-bond acceptors (Lipinski definition) is 4. The average Bonchev–Trinajstić information content (AvgIpc) is 2.94. The smallest absolute Gasteiger partial charge is 0.391 e. The lowest BCUT2D eigenvalue weighted by atomic mass is 9.78. The highest BCUT2D eigenvalue weighted by Crippen LogP contribution is 2.44. The van der Waals surface area contributed by atoms with Crippen molar-refractivity contribution in [2.75, 3.05) is 7.11 Å².